The molecule has 9 nitrogen and oxygen atoms in total. The highest BCUT2D eigenvalue weighted by molar-refractivity contribution is 7.58. The van der Waals surface area contributed by atoms with Crippen LogP contribution >= 0.6 is 7.37 Å². The third kappa shape index (κ3) is 8.68. The molecule has 3 unspecified atom stereocenters. The molecule has 0 saturated carbocycles. The van der Waals surface area contributed by atoms with Crippen LogP contribution in [-0.2, 0) is 20.6 Å². The van der Waals surface area contributed by atoms with E-state index < -0.39 is 25.3 Å². The average molecular weight is 557 g/mol. The van der Waals surface area contributed by atoms with Crippen molar-refractivity contribution in [2.24, 2.45) is 17.6 Å². The number of carbonyl (C=O) groups is 4. The van der Waals surface area contributed by atoms with Gasteiger partial charge in [0.15, 0.2) is 0 Å². The van der Waals surface area contributed by atoms with Gasteiger partial charge in [-0.2, -0.15) is 0 Å². The lowest BCUT2D eigenvalue weighted by Crippen LogP contribution is -2.33. The number of ketones is 1. The van der Waals surface area contributed by atoms with Crippen molar-refractivity contribution in [3.8, 4) is 0 Å². The number of rotatable bonds is 16. The smallest absolute Gasteiger partial charge is 0.320 e. The van der Waals surface area contributed by atoms with E-state index in [4.69, 9.17) is 10.8 Å². The Hall–Kier alpha value is -3.13. The standard InChI is InChI=1S/C29H37N2O7P/c1-20(17-25(30)29(35)36)18-26(32)22(14-13-21-9-3-2-4-10-21)19-39(37,38)16-8-7-15-31-27(33)23-11-5-6-12-24(23)28(31)34/h2-6,9-12,20,22,25H,7-8,13-19,30H2,1H3,(H,35,36)(H,37,38)/t20?,22?,25-/m0/s1. The maximum Gasteiger partial charge on any atom is 0.320 e. The normalized spacial score (nSPS) is 16.8. The van der Waals surface area contributed by atoms with Gasteiger partial charge in [-0.3, -0.25) is 28.6 Å². The van der Waals surface area contributed by atoms with E-state index in [2.05, 4.69) is 0 Å². The number of unbranched alkanes of at least 4 members (excludes halogenated alkanes) is 1. The minimum Gasteiger partial charge on any atom is -0.480 e. The van der Waals surface area contributed by atoms with Crippen molar-refractivity contribution in [1.29, 1.82) is 0 Å². The fraction of sp³-hybridized carbons (Fsp3) is 0.448. The number of aliphatic carboxylic acids is 1. The number of carboxylic acids is 1. The van der Waals surface area contributed by atoms with Crippen molar-refractivity contribution in [1.82, 2.24) is 4.90 Å². The molecule has 1 heterocycles. The fourth-order valence-corrected chi connectivity index (χ4v) is 6.95. The number of nitrogens with two attached hydrogens (primary N) is 1. The summed E-state index contributed by atoms with van der Waals surface area (Å²) in [6.07, 6.45) is 1.71. The van der Waals surface area contributed by atoms with Gasteiger partial charge in [0.25, 0.3) is 11.8 Å². The van der Waals surface area contributed by atoms with E-state index in [-0.39, 0.29) is 55.2 Å². The maximum absolute atomic E-state index is 13.2. The molecule has 10 heteroatoms. The molecule has 0 saturated heterocycles. The Labute approximate surface area is 228 Å². The molecule has 0 spiro atoms. The first-order chi connectivity index (χ1) is 18.5. The number of hydrogen-bond acceptors (Lipinski definition) is 6. The Morgan fingerprint density at radius 1 is 0.974 bits per heavy atom. The Balaban J connectivity index is 1.56. The van der Waals surface area contributed by atoms with Gasteiger partial charge in [-0.25, -0.2) is 0 Å². The monoisotopic (exact) mass is 556 g/mol. The third-order valence-corrected chi connectivity index (χ3v) is 9.15. The van der Waals surface area contributed by atoms with E-state index in [1.165, 1.54) is 4.90 Å². The summed E-state index contributed by atoms with van der Waals surface area (Å²) in [6, 6.07) is 15.1. The molecule has 2 aromatic carbocycles. The number of imide groups is 1. The summed E-state index contributed by atoms with van der Waals surface area (Å²) in [4.78, 5) is 61.3. The largest absolute Gasteiger partial charge is 0.480 e. The van der Waals surface area contributed by atoms with Crippen molar-refractivity contribution in [3.05, 3.63) is 71.3 Å². The van der Waals surface area contributed by atoms with Gasteiger partial charge in [0, 0.05) is 31.2 Å². The van der Waals surface area contributed by atoms with E-state index in [9.17, 15) is 28.6 Å². The number of carbonyl (C=O) groups excluding carboxylic acids is 3. The van der Waals surface area contributed by atoms with Gasteiger partial charge in [-0.1, -0.05) is 49.4 Å². The molecule has 210 valence electrons. The molecule has 2 aromatic rings. The van der Waals surface area contributed by atoms with Crippen LogP contribution in [0, 0.1) is 11.8 Å². The van der Waals surface area contributed by atoms with Crippen LogP contribution in [0.15, 0.2) is 54.6 Å². The van der Waals surface area contributed by atoms with Crippen molar-refractivity contribution in [3.63, 3.8) is 0 Å². The van der Waals surface area contributed by atoms with Gasteiger partial charge >= 0.3 is 5.97 Å². The molecule has 1 aliphatic rings. The molecule has 3 rings (SSSR count). The molecule has 0 aromatic heterocycles. The number of aryl methyl sites for hydroxylation is 1. The second-order valence-corrected chi connectivity index (χ2v) is 12.9. The van der Waals surface area contributed by atoms with Crippen LogP contribution in [0.2, 0.25) is 0 Å². The Morgan fingerprint density at radius 2 is 1.56 bits per heavy atom. The van der Waals surface area contributed by atoms with Crippen LogP contribution < -0.4 is 5.73 Å². The van der Waals surface area contributed by atoms with Gasteiger partial charge in [0.05, 0.1) is 11.1 Å². The van der Waals surface area contributed by atoms with E-state index in [1.54, 1.807) is 31.2 Å². The summed E-state index contributed by atoms with van der Waals surface area (Å²) in [5.74, 6) is -2.94. The molecule has 0 bridgehead atoms. The van der Waals surface area contributed by atoms with Gasteiger partial charge in [0.1, 0.15) is 11.8 Å². The number of hydrogen-bond donors (Lipinski definition) is 3. The maximum atomic E-state index is 13.2. The first-order valence-electron chi connectivity index (χ1n) is 13.3. The lowest BCUT2D eigenvalue weighted by molar-refractivity contribution is -0.139. The van der Waals surface area contributed by atoms with Crippen LogP contribution in [0.3, 0.4) is 0 Å². The molecular formula is C29H37N2O7P. The van der Waals surface area contributed by atoms with Gasteiger partial charge < -0.3 is 15.7 Å². The quantitative estimate of drug-likeness (QED) is 0.159. The summed E-state index contributed by atoms with van der Waals surface area (Å²) in [5.41, 5.74) is 7.38. The second-order valence-electron chi connectivity index (χ2n) is 10.4. The van der Waals surface area contributed by atoms with Crippen LogP contribution in [0.1, 0.15) is 65.3 Å². The zero-order valence-electron chi connectivity index (χ0n) is 22.2. The van der Waals surface area contributed by atoms with Crippen LogP contribution in [0.4, 0.5) is 0 Å². The van der Waals surface area contributed by atoms with Crippen LogP contribution in [-0.4, -0.2) is 63.4 Å². The number of fused-ring (bicyclic) bond motifs is 1. The highest BCUT2D eigenvalue weighted by Crippen LogP contribution is 2.45. The molecule has 39 heavy (non-hydrogen) atoms. The van der Waals surface area contributed by atoms with E-state index >= 15 is 0 Å². The Morgan fingerprint density at radius 3 is 2.15 bits per heavy atom. The van der Waals surface area contributed by atoms with Crippen molar-refractivity contribution < 1.29 is 33.7 Å². The Kier molecular flexibility index (Phi) is 10.7. The first-order valence-corrected chi connectivity index (χ1v) is 15.3. The molecule has 0 aliphatic carbocycles. The van der Waals surface area contributed by atoms with Crippen molar-refractivity contribution in [2.75, 3.05) is 18.9 Å². The van der Waals surface area contributed by atoms with Crippen LogP contribution in [0.25, 0.3) is 0 Å². The lowest BCUT2D eigenvalue weighted by Gasteiger charge is -2.22. The predicted octanol–water partition coefficient (Wildman–Crippen LogP) is 3.98. The summed E-state index contributed by atoms with van der Waals surface area (Å²) >= 11 is 0. The first kappa shape index (κ1) is 30.4. The topological polar surface area (TPSA) is 155 Å². The highest BCUT2D eigenvalue weighted by atomic mass is 31.2. The minimum atomic E-state index is -3.69. The second kappa shape index (κ2) is 13.8. The van der Waals surface area contributed by atoms with E-state index in [1.807, 2.05) is 30.3 Å². The molecule has 4 N–H and O–H groups in total. The predicted molar refractivity (Wildman–Crippen MR) is 148 cm³/mol. The number of carboxylic acid groups (broad SMARTS) is 1. The molecule has 0 radical (unpaired) electrons. The lowest BCUT2D eigenvalue weighted by atomic mass is 9.89. The zero-order chi connectivity index (χ0) is 28.6. The summed E-state index contributed by atoms with van der Waals surface area (Å²) in [7, 11) is -3.69. The third-order valence-electron chi connectivity index (χ3n) is 7.13. The SMILES string of the molecule is CC(CC(=O)C(CCc1ccccc1)CP(=O)(O)CCCCN1C(=O)c2ccccc2C1=O)C[C@H](N)C(=O)O. The molecule has 4 atom stereocenters. The molecule has 0 fully saturated rings. The molecular weight excluding hydrogens is 519 g/mol. The van der Waals surface area contributed by atoms with Crippen molar-refractivity contribution >= 4 is 30.9 Å². The Bertz CT molecular complexity index is 1200. The fourth-order valence-electron chi connectivity index (χ4n) is 4.97. The van der Waals surface area contributed by atoms with Crippen molar-refractivity contribution in [2.45, 2.75) is 51.5 Å². The minimum absolute atomic E-state index is 0.0231. The van der Waals surface area contributed by atoms with E-state index in [0.717, 1.165) is 5.56 Å². The van der Waals surface area contributed by atoms with Gasteiger partial charge in [-0.15, -0.1) is 0 Å². The summed E-state index contributed by atoms with van der Waals surface area (Å²) < 4.78 is 13.2. The van der Waals surface area contributed by atoms with Gasteiger partial charge in [0.2, 0.25) is 7.37 Å². The zero-order valence-corrected chi connectivity index (χ0v) is 23.1. The molecule has 1 aliphatic heterocycles. The highest BCUT2D eigenvalue weighted by Gasteiger charge is 2.35. The van der Waals surface area contributed by atoms with Gasteiger partial charge in [-0.05, 0) is 55.7 Å². The van der Waals surface area contributed by atoms with E-state index in [0.29, 0.717) is 36.8 Å². The number of nitrogens with zero attached hydrogens (tertiary/aromatic N) is 1. The average Bonchev–Trinajstić information content (AvgIpc) is 3.14. The number of Topliss-reactive ketones (excluding diaryl/α,β-unsaturated/α-hetero) is 1. The van der Waals surface area contributed by atoms with Crippen LogP contribution in [0.5, 0.6) is 0 Å². The molecule has 2 amide bonds. The number of benzene rings is 2. The number of amides is 2. The summed E-state index contributed by atoms with van der Waals surface area (Å²) in [6.45, 7) is 1.91. The summed E-state index contributed by atoms with van der Waals surface area (Å²) in [5, 5.41) is 9.06.